The lowest BCUT2D eigenvalue weighted by molar-refractivity contribution is 0.0729. The van der Waals surface area contributed by atoms with Crippen LogP contribution in [0, 0.1) is 22.7 Å². The summed E-state index contributed by atoms with van der Waals surface area (Å²) in [6.45, 7) is 1.85. The number of benzene rings is 2. The van der Waals surface area contributed by atoms with E-state index in [9.17, 15) is 18.9 Å². The van der Waals surface area contributed by atoms with Crippen molar-refractivity contribution in [3.8, 4) is 12.1 Å². The Balaban J connectivity index is 1.81. The lowest BCUT2D eigenvalue weighted by Gasteiger charge is -2.26. The molecule has 0 spiro atoms. The topological polar surface area (TPSA) is 106 Å². The van der Waals surface area contributed by atoms with Gasteiger partial charge in [-0.2, -0.15) is 14.8 Å². The zero-order chi connectivity index (χ0) is 20.0. The van der Waals surface area contributed by atoms with Crippen molar-refractivity contribution in [3.05, 3.63) is 64.7 Å². The van der Waals surface area contributed by atoms with Crippen LogP contribution in [0.15, 0.2) is 42.5 Å². The number of hydrogen-bond donors (Lipinski definition) is 1. The Morgan fingerprint density at radius 3 is 2.18 bits per heavy atom. The number of nitrogens with one attached hydrogen (secondary N) is 1. The standard InChI is InChI=1S/C20H20N4O3S/c21-12-16-6-3-7-17(13-22)20(16)23-14-18-4-1-2-5-19(18)15-28(25,26)24-8-10-27-11-9-24/h1-7,23H,8-11,14-15H2. The number of rotatable bonds is 6. The molecule has 0 radical (unpaired) electrons. The minimum atomic E-state index is -3.45. The fourth-order valence-electron chi connectivity index (χ4n) is 3.10. The van der Waals surface area contributed by atoms with E-state index in [0.29, 0.717) is 55.2 Å². The Labute approximate surface area is 164 Å². The largest absolute Gasteiger partial charge is 0.379 e. The van der Waals surface area contributed by atoms with Gasteiger partial charge in [-0.05, 0) is 23.3 Å². The number of sulfonamides is 1. The Kier molecular flexibility index (Phi) is 6.27. The summed E-state index contributed by atoms with van der Waals surface area (Å²) >= 11 is 0. The molecule has 1 aliphatic heterocycles. The van der Waals surface area contributed by atoms with Gasteiger partial charge in [-0.15, -0.1) is 0 Å². The number of nitrogens with zero attached hydrogens (tertiary/aromatic N) is 3. The second-order valence-corrected chi connectivity index (χ2v) is 8.31. The Bertz CT molecular complexity index is 1000. The summed E-state index contributed by atoms with van der Waals surface area (Å²) in [7, 11) is -3.45. The fraction of sp³-hybridized carbons (Fsp3) is 0.300. The molecule has 1 fully saturated rings. The zero-order valence-electron chi connectivity index (χ0n) is 15.3. The highest BCUT2D eigenvalue weighted by Crippen LogP contribution is 2.22. The summed E-state index contributed by atoms with van der Waals surface area (Å²) in [4.78, 5) is 0. The van der Waals surface area contributed by atoms with E-state index in [4.69, 9.17) is 4.74 Å². The molecule has 7 nitrogen and oxygen atoms in total. The van der Waals surface area contributed by atoms with Crippen molar-refractivity contribution in [3.63, 3.8) is 0 Å². The molecule has 144 valence electrons. The van der Waals surface area contributed by atoms with Gasteiger partial charge in [0.25, 0.3) is 0 Å². The number of ether oxygens (including phenoxy) is 1. The molecule has 0 bridgehead atoms. The second kappa shape index (κ2) is 8.85. The van der Waals surface area contributed by atoms with Gasteiger partial charge in [0, 0.05) is 19.6 Å². The molecule has 1 heterocycles. The first-order valence-corrected chi connectivity index (χ1v) is 10.5. The highest BCUT2D eigenvalue weighted by Gasteiger charge is 2.25. The third-order valence-corrected chi connectivity index (χ3v) is 6.41. The van der Waals surface area contributed by atoms with Crippen LogP contribution in [0.5, 0.6) is 0 Å². The van der Waals surface area contributed by atoms with Crippen molar-refractivity contribution in [2.24, 2.45) is 0 Å². The van der Waals surface area contributed by atoms with Crippen LogP contribution in [0.1, 0.15) is 22.3 Å². The Hall–Kier alpha value is -2.91. The quantitative estimate of drug-likeness (QED) is 0.802. The first kappa shape index (κ1) is 19.8. The van der Waals surface area contributed by atoms with E-state index >= 15 is 0 Å². The highest BCUT2D eigenvalue weighted by atomic mass is 32.2. The molecular formula is C20H20N4O3S. The van der Waals surface area contributed by atoms with E-state index < -0.39 is 10.0 Å². The number of para-hydroxylation sites is 1. The summed E-state index contributed by atoms with van der Waals surface area (Å²) in [6.07, 6.45) is 0. The minimum absolute atomic E-state index is 0.101. The smallest absolute Gasteiger partial charge is 0.218 e. The SMILES string of the molecule is N#Cc1cccc(C#N)c1NCc1ccccc1CS(=O)(=O)N1CCOCC1. The van der Waals surface area contributed by atoms with Gasteiger partial charge in [-0.3, -0.25) is 0 Å². The van der Waals surface area contributed by atoms with Gasteiger partial charge >= 0.3 is 0 Å². The summed E-state index contributed by atoms with van der Waals surface area (Å²) in [5.74, 6) is -0.101. The maximum atomic E-state index is 12.7. The summed E-state index contributed by atoms with van der Waals surface area (Å²) in [5.41, 5.74) is 2.69. The molecule has 0 saturated carbocycles. The Morgan fingerprint density at radius 1 is 0.964 bits per heavy atom. The zero-order valence-corrected chi connectivity index (χ0v) is 16.1. The van der Waals surface area contributed by atoms with E-state index in [1.807, 2.05) is 12.1 Å². The molecular weight excluding hydrogens is 376 g/mol. The molecule has 0 aliphatic carbocycles. The predicted molar refractivity (Wildman–Crippen MR) is 105 cm³/mol. The van der Waals surface area contributed by atoms with Crippen LogP contribution in [0.3, 0.4) is 0 Å². The number of anilines is 1. The molecule has 2 aromatic carbocycles. The minimum Gasteiger partial charge on any atom is -0.379 e. The maximum absolute atomic E-state index is 12.7. The monoisotopic (exact) mass is 396 g/mol. The van der Waals surface area contributed by atoms with Gasteiger partial charge in [0.1, 0.15) is 12.1 Å². The van der Waals surface area contributed by atoms with E-state index in [2.05, 4.69) is 17.5 Å². The van der Waals surface area contributed by atoms with Gasteiger partial charge in [0.05, 0.1) is 35.8 Å². The van der Waals surface area contributed by atoms with Gasteiger partial charge in [-0.1, -0.05) is 30.3 Å². The highest BCUT2D eigenvalue weighted by molar-refractivity contribution is 7.88. The molecule has 0 amide bonds. The van der Waals surface area contributed by atoms with Crippen molar-refractivity contribution in [2.45, 2.75) is 12.3 Å². The summed E-state index contributed by atoms with van der Waals surface area (Å²) in [5, 5.41) is 21.7. The number of morpholine rings is 1. The first-order valence-electron chi connectivity index (χ1n) is 8.84. The van der Waals surface area contributed by atoms with E-state index in [1.165, 1.54) is 4.31 Å². The van der Waals surface area contributed by atoms with Crippen LogP contribution in [0.2, 0.25) is 0 Å². The average molecular weight is 396 g/mol. The molecule has 1 saturated heterocycles. The molecule has 0 aromatic heterocycles. The van der Waals surface area contributed by atoms with Crippen molar-refractivity contribution in [1.29, 1.82) is 10.5 Å². The third-order valence-electron chi connectivity index (χ3n) is 4.58. The number of hydrogen-bond acceptors (Lipinski definition) is 6. The molecule has 28 heavy (non-hydrogen) atoms. The molecule has 8 heteroatoms. The van der Waals surface area contributed by atoms with Crippen LogP contribution < -0.4 is 5.32 Å². The van der Waals surface area contributed by atoms with Crippen LogP contribution in [0.4, 0.5) is 5.69 Å². The van der Waals surface area contributed by atoms with E-state index in [0.717, 1.165) is 5.56 Å². The maximum Gasteiger partial charge on any atom is 0.218 e. The molecule has 1 aliphatic rings. The molecule has 0 atom stereocenters. The lowest BCUT2D eigenvalue weighted by Crippen LogP contribution is -2.41. The van der Waals surface area contributed by atoms with Gasteiger partial charge in [-0.25, -0.2) is 8.42 Å². The van der Waals surface area contributed by atoms with Gasteiger partial charge in [0.15, 0.2) is 0 Å². The molecule has 1 N–H and O–H groups in total. The van der Waals surface area contributed by atoms with Gasteiger partial charge < -0.3 is 10.1 Å². The summed E-state index contributed by atoms with van der Waals surface area (Å²) in [6, 6.07) is 16.4. The van der Waals surface area contributed by atoms with Crippen molar-refractivity contribution in [1.82, 2.24) is 4.31 Å². The summed E-state index contributed by atoms with van der Waals surface area (Å²) < 4.78 is 32.2. The third kappa shape index (κ3) is 4.49. The predicted octanol–water partition coefficient (Wildman–Crippen LogP) is 2.20. The first-order chi connectivity index (χ1) is 13.5. The Morgan fingerprint density at radius 2 is 1.57 bits per heavy atom. The molecule has 0 unspecified atom stereocenters. The lowest BCUT2D eigenvalue weighted by atomic mass is 10.1. The second-order valence-electron chi connectivity index (χ2n) is 6.34. The number of nitriles is 2. The van der Waals surface area contributed by atoms with Crippen LogP contribution in [-0.4, -0.2) is 39.0 Å². The van der Waals surface area contributed by atoms with Gasteiger partial charge in [0.2, 0.25) is 10.0 Å². The van der Waals surface area contributed by atoms with Crippen molar-refractivity contribution < 1.29 is 13.2 Å². The van der Waals surface area contributed by atoms with Crippen LogP contribution in [0.25, 0.3) is 0 Å². The average Bonchev–Trinajstić information content (AvgIpc) is 2.73. The van der Waals surface area contributed by atoms with Crippen molar-refractivity contribution in [2.75, 3.05) is 31.6 Å². The van der Waals surface area contributed by atoms with Crippen molar-refractivity contribution >= 4 is 15.7 Å². The fourth-order valence-corrected chi connectivity index (χ4v) is 4.66. The van der Waals surface area contributed by atoms with E-state index in [-0.39, 0.29) is 5.75 Å². The normalized spacial score (nSPS) is 14.8. The van der Waals surface area contributed by atoms with Crippen LogP contribution in [-0.2, 0) is 27.1 Å². The van der Waals surface area contributed by atoms with E-state index in [1.54, 1.807) is 30.3 Å². The molecule has 2 aromatic rings. The van der Waals surface area contributed by atoms with Crippen LogP contribution >= 0.6 is 0 Å². The molecule has 3 rings (SSSR count).